The number of methoxy groups -OCH3 is 1. The van der Waals surface area contributed by atoms with E-state index in [1.54, 1.807) is 34.7 Å². The minimum absolute atomic E-state index is 0.257. The number of benzene rings is 2. The molecule has 0 radical (unpaired) electrons. The summed E-state index contributed by atoms with van der Waals surface area (Å²) in [5.74, 6) is 0.970. The Bertz CT molecular complexity index is 1510. The van der Waals surface area contributed by atoms with E-state index in [1.165, 1.54) is 28.0 Å². The van der Waals surface area contributed by atoms with Crippen LogP contribution in [0.5, 0.6) is 0 Å². The molecule has 2 aromatic heterocycles. The fourth-order valence-electron chi connectivity index (χ4n) is 4.28. The third-order valence-corrected chi connectivity index (χ3v) is 8.57. The highest BCUT2D eigenvalue weighted by Crippen LogP contribution is 2.38. The van der Waals surface area contributed by atoms with Gasteiger partial charge in [0, 0.05) is 36.3 Å². The Balaban J connectivity index is 1.80. The van der Waals surface area contributed by atoms with Crippen LogP contribution in [0.15, 0.2) is 56.9 Å². The summed E-state index contributed by atoms with van der Waals surface area (Å²) in [5, 5.41) is 5.67. The van der Waals surface area contributed by atoms with Crippen LogP contribution in [-0.2, 0) is 24.8 Å². The fourth-order valence-corrected chi connectivity index (χ4v) is 6.91. The Morgan fingerprint density at radius 2 is 1.89 bits per heavy atom. The highest BCUT2D eigenvalue weighted by atomic mass is 32.2. The van der Waals surface area contributed by atoms with Gasteiger partial charge in [-0.15, -0.1) is 23.1 Å². The third kappa shape index (κ3) is 5.37. The Morgan fingerprint density at radius 1 is 1.14 bits per heavy atom. The molecule has 4 rings (SSSR count). The highest BCUT2D eigenvalue weighted by molar-refractivity contribution is 7.99. The van der Waals surface area contributed by atoms with Crippen molar-refractivity contribution >= 4 is 50.2 Å². The van der Waals surface area contributed by atoms with Crippen LogP contribution in [0.1, 0.15) is 30.7 Å². The molecule has 9 heteroatoms. The minimum Gasteiger partial charge on any atom is -0.453 e. The molecule has 36 heavy (non-hydrogen) atoms. The molecule has 0 aliphatic rings. The first-order valence-electron chi connectivity index (χ1n) is 12.0. The molecule has 0 aliphatic carbocycles. The maximum Gasteiger partial charge on any atom is 0.406 e. The molecule has 0 aliphatic heterocycles. The molecule has 0 saturated heterocycles. The molecule has 0 saturated carbocycles. The van der Waals surface area contributed by atoms with Gasteiger partial charge in [0.1, 0.15) is 4.83 Å². The van der Waals surface area contributed by atoms with E-state index in [4.69, 9.17) is 0 Å². The number of carbonyl (C=O) groups is 1. The number of aromatic nitrogens is 2. The van der Waals surface area contributed by atoms with Crippen LogP contribution >= 0.6 is 23.1 Å². The van der Waals surface area contributed by atoms with Crippen molar-refractivity contribution in [2.24, 2.45) is 13.0 Å². The van der Waals surface area contributed by atoms with Crippen LogP contribution in [0.25, 0.3) is 21.0 Å². The van der Waals surface area contributed by atoms with Crippen molar-refractivity contribution in [3.05, 3.63) is 73.7 Å². The minimum atomic E-state index is -0.454. The lowest BCUT2D eigenvalue weighted by molar-refractivity contribution is 0.171. The van der Waals surface area contributed by atoms with E-state index in [0.717, 1.165) is 21.0 Å². The fraction of sp³-hybridized carbons (Fsp3) is 0.370. The first-order chi connectivity index (χ1) is 17.3. The summed E-state index contributed by atoms with van der Waals surface area (Å²) in [6.45, 7) is 5.16. The predicted octanol–water partition coefficient (Wildman–Crippen LogP) is 5.00. The monoisotopic (exact) mass is 525 g/mol. The average molecular weight is 526 g/mol. The summed E-state index contributed by atoms with van der Waals surface area (Å²) in [7, 11) is 2.89. The average Bonchev–Trinajstić information content (AvgIpc) is 3.22. The van der Waals surface area contributed by atoms with Gasteiger partial charge in [0.05, 0.1) is 12.5 Å². The number of thioether (sulfide) groups is 1. The zero-order valence-corrected chi connectivity index (χ0v) is 22.6. The van der Waals surface area contributed by atoms with Crippen molar-refractivity contribution in [3.8, 4) is 0 Å². The molecule has 2 aromatic carbocycles. The highest BCUT2D eigenvalue weighted by Gasteiger charge is 2.22. The summed E-state index contributed by atoms with van der Waals surface area (Å²) >= 11 is 3.16. The SMILES string of the molecule is COC(=O)NCCCSc1c(Cc2cccc3ccccc23)sc2c1c(=O)n(C)c(=O)n2CC(C)C. The number of nitrogens with zero attached hydrogens (tertiary/aromatic N) is 2. The Kier molecular flexibility index (Phi) is 8.21. The molecule has 0 atom stereocenters. The van der Waals surface area contributed by atoms with E-state index >= 15 is 0 Å². The molecule has 0 bridgehead atoms. The van der Waals surface area contributed by atoms with Crippen molar-refractivity contribution in [3.63, 3.8) is 0 Å². The number of alkyl carbamates (subject to hydrolysis) is 1. The van der Waals surface area contributed by atoms with E-state index in [0.29, 0.717) is 30.6 Å². The van der Waals surface area contributed by atoms with Gasteiger partial charge in [0.2, 0.25) is 0 Å². The molecule has 190 valence electrons. The Hall–Kier alpha value is -3.04. The van der Waals surface area contributed by atoms with Crippen molar-refractivity contribution in [2.75, 3.05) is 19.4 Å². The van der Waals surface area contributed by atoms with Gasteiger partial charge in [-0.25, -0.2) is 9.59 Å². The Labute approximate surface area is 218 Å². The van der Waals surface area contributed by atoms with Gasteiger partial charge in [-0.05, 0) is 34.4 Å². The molecule has 4 aromatic rings. The molecule has 0 fully saturated rings. The Morgan fingerprint density at radius 3 is 2.64 bits per heavy atom. The maximum absolute atomic E-state index is 13.4. The number of nitrogens with one attached hydrogen (secondary N) is 1. The second-order valence-corrected chi connectivity index (χ2v) is 11.3. The number of hydrogen-bond donors (Lipinski definition) is 1. The number of fused-ring (bicyclic) bond motifs is 2. The van der Waals surface area contributed by atoms with Crippen LogP contribution in [0.4, 0.5) is 4.79 Å². The molecule has 7 nitrogen and oxygen atoms in total. The van der Waals surface area contributed by atoms with E-state index < -0.39 is 6.09 Å². The molecule has 2 heterocycles. The van der Waals surface area contributed by atoms with E-state index in [2.05, 4.69) is 54.2 Å². The number of ether oxygens (including phenoxy) is 1. The van der Waals surface area contributed by atoms with Crippen LogP contribution in [0.2, 0.25) is 0 Å². The number of rotatable bonds is 9. The lowest BCUT2D eigenvalue weighted by atomic mass is 10.0. The van der Waals surface area contributed by atoms with Crippen molar-refractivity contribution in [1.29, 1.82) is 0 Å². The summed E-state index contributed by atoms with van der Waals surface area (Å²) in [4.78, 5) is 40.5. The van der Waals surface area contributed by atoms with Crippen LogP contribution < -0.4 is 16.6 Å². The smallest absolute Gasteiger partial charge is 0.406 e. The maximum atomic E-state index is 13.4. The lowest BCUT2D eigenvalue weighted by Crippen LogP contribution is -2.38. The summed E-state index contributed by atoms with van der Waals surface area (Å²) in [5.41, 5.74) is 0.645. The zero-order chi connectivity index (χ0) is 25.8. The van der Waals surface area contributed by atoms with E-state index in [-0.39, 0.29) is 17.2 Å². The first-order valence-corrected chi connectivity index (χ1v) is 13.8. The summed E-state index contributed by atoms with van der Waals surface area (Å²) in [6, 6.07) is 14.6. The molecule has 1 amide bonds. The lowest BCUT2D eigenvalue weighted by Gasteiger charge is -2.12. The van der Waals surface area contributed by atoms with Gasteiger partial charge in [-0.3, -0.25) is 13.9 Å². The van der Waals surface area contributed by atoms with E-state index in [9.17, 15) is 14.4 Å². The predicted molar refractivity (Wildman–Crippen MR) is 149 cm³/mol. The van der Waals surface area contributed by atoms with E-state index in [1.807, 2.05) is 12.1 Å². The largest absolute Gasteiger partial charge is 0.453 e. The zero-order valence-electron chi connectivity index (χ0n) is 21.0. The van der Waals surface area contributed by atoms with Crippen LogP contribution in [0.3, 0.4) is 0 Å². The summed E-state index contributed by atoms with van der Waals surface area (Å²) in [6.07, 6.45) is 0.934. The standard InChI is InChI=1S/C27H31N3O4S2/c1-17(2)16-30-25-22(24(31)29(3)27(30)33)23(35-14-8-13-28-26(32)34-4)21(36-25)15-19-11-7-10-18-9-5-6-12-20(18)19/h5-7,9-12,17H,8,13-16H2,1-4H3,(H,28,32). The van der Waals surface area contributed by atoms with Gasteiger partial charge in [0.25, 0.3) is 5.56 Å². The van der Waals surface area contributed by atoms with Crippen molar-refractivity contribution in [1.82, 2.24) is 14.5 Å². The second kappa shape index (κ2) is 11.3. The van der Waals surface area contributed by atoms with Gasteiger partial charge >= 0.3 is 11.8 Å². The second-order valence-electron chi connectivity index (χ2n) is 9.12. The number of thiophene rings is 1. The molecule has 0 spiro atoms. The summed E-state index contributed by atoms with van der Waals surface area (Å²) < 4.78 is 7.61. The molecule has 0 unspecified atom stereocenters. The normalized spacial score (nSPS) is 11.5. The molecule has 1 N–H and O–H groups in total. The third-order valence-electron chi connectivity index (χ3n) is 6.00. The van der Waals surface area contributed by atoms with Gasteiger partial charge in [-0.2, -0.15) is 0 Å². The number of amides is 1. The van der Waals surface area contributed by atoms with Crippen molar-refractivity contribution in [2.45, 2.75) is 38.1 Å². The number of carbonyl (C=O) groups excluding carboxylic acids is 1. The van der Waals surface area contributed by atoms with Gasteiger partial charge < -0.3 is 10.1 Å². The number of hydrogen-bond acceptors (Lipinski definition) is 6. The van der Waals surface area contributed by atoms with Crippen LogP contribution in [-0.4, -0.2) is 34.6 Å². The van der Waals surface area contributed by atoms with Gasteiger partial charge in [0.15, 0.2) is 0 Å². The molecular formula is C27H31N3O4S2. The quantitative estimate of drug-likeness (QED) is 0.246. The van der Waals surface area contributed by atoms with Gasteiger partial charge in [-0.1, -0.05) is 56.3 Å². The van der Waals surface area contributed by atoms with Crippen molar-refractivity contribution < 1.29 is 9.53 Å². The topological polar surface area (TPSA) is 82.3 Å². The van der Waals surface area contributed by atoms with Crippen LogP contribution in [0, 0.1) is 5.92 Å². The first kappa shape index (κ1) is 26.0. The molecular weight excluding hydrogens is 494 g/mol.